The van der Waals surface area contributed by atoms with Crippen molar-refractivity contribution in [3.8, 4) is 11.5 Å². The van der Waals surface area contributed by atoms with E-state index in [4.69, 9.17) is 4.74 Å². The van der Waals surface area contributed by atoms with E-state index in [1.165, 1.54) is 0 Å². The predicted molar refractivity (Wildman–Crippen MR) is 58.0 cm³/mol. The Kier molecular flexibility index (Phi) is 3.04. The zero-order chi connectivity index (χ0) is 10.8. The van der Waals surface area contributed by atoms with Gasteiger partial charge in [-0.1, -0.05) is 26.8 Å². The van der Waals surface area contributed by atoms with Crippen LogP contribution in [0.1, 0.15) is 32.8 Å². The molecule has 0 atom stereocenters. The highest BCUT2D eigenvalue weighted by Crippen LogP contribution is 2.33. The van der Waals surface area contributed by atoms with Gasteiger partial charge in [-0.05, 0) is 29.5 Å². The van der Waals surface area contributed by atoms with E-state index in [1.54, 1.807) is 13.2 Å². The first-order chi connectivity index (χ1) is 6.51. The maximum Gasteiger partial charge on any atom is 0.160 e. The predicted octanol–water partition coefficient (Wildman–Crippen LogP) is 3.09. The van der Waals surface area contributed by atoms with Crippen LogP contribution in [-0.2, 0) is 5.41 Å². The third kappa shape index (κ3) is 2.00. The summed E-state index contributed by atoms with van der Waals surface area (Å²) in [6.45, 7) is 6.46. The van der Waals surface area contributed by atoms with E-state index < -0.39 is 0 Å². The molecule has 0 aliphatic rings. The van der Waals surface area contributed by atoms with E-state index in [9.17, 15) is 5.11 Å². The SMILES string of the molecule is CCC(C)(C)c1ccc(OC)c(O)c1. The summed E-state index contributed by atoms with van der Waals surface area (Å²) in [4.78, 5) is 0. The lowest BCUT2D eigenvalue weighted by atomic mass is 9.82. The first-order valence-electron chi connectivity index (χ1n) is 4.88. The topological polar surface area (TPSA) is 29.5 Å². The lowest BCUT2D eigenvalue weighted by Gasteiger charge is -2.23. The quantitative estimate of drug-likeness (QED) is 0.801. The van der Waals surface area contributed by atoms with Gasteiger partial charge in [-0.25, -0.2) is 0 Å². The molecule has 2 heteroatoms. The number of methoxy groups -OCH3 is 1. The number of rotatable bonds is 3. The first kappa shape index (κ1) is 10.9. The lowest BCUT2D eigenvalue weighted by Crippen LogP contribution is -2.15. The van der Waals surface area contributed by atoms with E-state index >= 15 is 0 Å². The van der Waals surface area contributed by atoms with Gasteiger partial charge >= 0.3 is 0 Å². The molecule has 0 aromatic heterocycles. The summed E-state index contributed by atoms with van der Waals surface area (Å²) < 4.78 is 5.00. The van der Waals surface area contributed by atoms with E-state index in [2.05, 4.69) is 20.8 Å². The molecule has 0 aliphatic heterocycles. The van der Waals surface area contributed by atoms with Crippen molar-refractivity contribution in [3.63, 3.8) is 0 Å². The molecule has 0 spiro atoms. The molecule has 0 unspecified atom stereocenters. The van der Waals surface area contributed by atoms with Crippen LogP contribution in [0.5, 0.6) is 11.5 Å². The second-order valence-electron chi connectivity index (χ2n) is 4.12. The largest absolute Gasteiger partial charge is 0.504 e. The van der Waals surface area contributed by atoms with Crippen molar-refractivity contribution in [2.45, 2.75) is 32.6 Å². The third-order valence-corrected chi connectivity index (χ3v) is 2.84. The number of ether oxygens (including phenoxy) is 1. The molecule has 0 bridgehead atoms. The van der Waals surface area contributed by atoms with Gasteiger partial charge in [0.2, 0.25) is 0 Å². The Balaban J connectivity index is 3.08. The van der Waals surface area contributed by atoms with Crippen LogP contribution in [0.4, 0.5) is 0 Å². The summed E-state index contributed by atoms with van der Waals surface area (Å²) in [5, 5.41) is 9.63. The molecule has 0 radical (unpaired) electrons. The van der Waals surface area contributed by atoms with Crippen molar-refractivity contribution in [2.75, 3.05) is 7.11 Å². The van der Waals surface area contributed by atoms with Gasteiger partial charge in [0.15, 0.2) is 11.5 Å². The van der Waals surface area contributed by atoms with Gasteiger partial charge in [0.25, 0.3) is 0 Å². The molecule has 0 aliphatic carbocycles. The normalized spacial score (nSPS) is 11.4. The number of hydrogen-bond donors (Lipinski definition) is 1. The highest BCUT2D eigenvalue weighted by atomic mass is 16.5. The number of benzene rings is 1. The van der Waals surface area contributed by atoms with Crippen LogP contribution >= 0.6 is 0 Å². The van der Waals surface area contributed by atoms with Crippen molar-refractivity contribution in [1.82, 2.24) is 0 Å². The summed E-state index contributed by atoms with van der Waals surface area (Å²) >= 11 is 0. The Morgan fingerprint density at radius 1 is 1.36 bits per heavy atom. The molecule has 14 heavy (non-hydrogen) atoms. The van der Waals surface area contributed by atoms with Gasteiger partial charge in [0.05, 0.1) is 7.11 Å². The fourth-order valence-electron chi connectivity index (χ4n) is 1.32. The Morgan fingerprint density at radius 3 is 2.43 bits per heavy atom. The molecular formula is C12H18O2. The van der Waals surface area contributed by atoms with Crippen LogP contribution in [-0.4, -0.2) is 12.2 Å². The van der Waals surface area contributed by atoms with Crippen molar-refractivity contribution in [2.24, 2.45) is 0 Å². The van der Waals surface area contributed by atoms with Crippen LogP contribution in [0, 0.1) is 0 Å². The maximum absolute atomic E-state index is 9.63. The second kappa shape index (κ2) is 3.91. The Labute approximate surface area is 85.5 Å². The highest BCUT2D eigenvalue weighted by molar-refractivity contribution is 5.43. The molecule has 78 valence electrons. The van der Waals surface area contributed by atoms with Gasteiger partial charge in [-0.15, -0.1) is 0 Å². The fraction of sp³-hybridized carbons (Fsp3) is 0.500. The van der Waals surface area contributed by atoms with Crippen molar-refractivity contribution in [1.29, 1.82) is 0 Å². The van der Waals surface area contributed by atoms with Gasteiger partial charge in [-0.2, -0.15) is 0 Å². The molecular weight excluding hydrogens is 176 g/mol. The van der Waals surface area contributed by atoms with E-state index in [1.807, 2.05) is 12.1 Å². The zero-order valence-electron chi connectivity index (χ0n) is 9.29. The summed E-state index contributed by atoms with van der Waals surface area (Å²) in [5.41, 5.74) is 1.24. The van der Waals surface area contributed by atoms with E-state index in [0.717, 1.165) is 12.0 Å². The Bertz CT molecular complexity index is 316. The Hall–Kier alpha value is -1.18. The van der Waals surface area contributed by atoms with Gasteiger partial charge in [0.1, 0.15) is 0 Å². The van der Waals surface area contributed by atoms with E-state index in [-0.39, 0.29) is 11.2 Å². The molecule has 1 N–H and O–H groups in total. The smallest absolute Gasteiger partial charge is 0.160 e. The first-order valence-corrected chi connectivity index (χ1v) is 4.88. The van der Waals surface area contributed by atoms with Crippen LogP contribution in [0.3, 0.4) is 0 Å². The highest BCUT2D eigenvalue weighted by Gasteiger charge is 2.19. The number of aromatic hydroxyl groups is 1. The molecule has 0 saturated carbocycles. The fourth-order valence-corrected chi connectivity index (χ4v) is 1.32. The summed E-state index contributed by atoms with van der Waals surface area (Å²) in [6, 6.07) is 5.59. The molecule has 0 fully saturated rings. The number of phenols is 1. The summed E-state index contributed by atoms with van der Waals surface area (Å²) in [6.07, 6.45) is 1.04. The molecule has 0 heterocycles. The number of hydrogen-bond acceptors (Lipinski definition) is 2. The molecule has 1 rings (SSSR count). The van der Waals surface area contributed by atoms with Crippen molar-refractivity contribution >= 4 is 0 Å². The summed E-state index contributed by atoms with van der Waals surface area (Å²) in [5.74, 6) is 0.743. The molecule has 0 saturated heterocycles. The van der Waals surface area contributed by atoms with Crippen LogP contribution in [0.25, 0.3) is 0 Å². The standard InChI is InChI=1S/C12H18O2/c1-5-12(2,3)9-6-7-11(14-4)10(13)8-9/h6-8,13H,5H2,1-4H3. The summed E-state index contributed by atoms with van der Waals surface area (Å²) in [7, 11) is 1.56. The molecule has 0 amide bonds. The van der Waals surface area contributed by atoms with Gasteiger partial charge < -0.3 is 9.84 Å². The van der Waals surface area contributed by atoms with Gasteiger partial charge in [-0.3, -0.25) is 0 Å². The van der Waals surface area contributed by atoms with Crippen LogP contribution < -0.4 is 4.74 Å². The lowest BCUT2D eigenvalue weighted by molar-refractivity contribution is 0.371. The van der Waals surface area contributed by atoms with Crippen LogP contribution in [0.2, 0.25) is 0 Å². The van der Waals surface area contributed by atoms with Crippen molar-refractivity contribution < 1.29 is 9.84 Å². The average molecular weight is 194 g/mol. The molecule has 1 aromatic carbocycles. The minimum absolute atomic E-state index is 0.101. The van der Waals surface area contributed by atoms with E-state index in [0.29, 0.717) is 5.75 Å². The second-order valence-corrected chi connectivity index (χ2v) is 4.12. The average Bonchev–Trinajstić information content (AvgIpc) is 2.17. The molecule has 2 nitrogen and oxygen atoms in total. The minimum atomic E-state index is 0.101. The van der Waals surface area contributed by atoms with Crippen molar-refractivity contribution in [3.05, 3.63) is 23.8 Å². The minimum Gasteiger partial charge on any atom is -0.504 e. The molecule has 1 aromatic rings. The number of phenolic OH excluding ortho intramolecular Hbond substituents is 1. The third-order valence-electron chi connectivity index (χ3n) is 2.84. The van der Waals surface area contributed by atoms with Crippen LogP contribution in [0.15, 0.2) is 18.2 Å². The Morgan fingerprint density at radius 2 is 2.00 bits per heavy atom. The zero-order valence-corrected chi connectivity index (χ0v) is 9.29. The maximum atomic E-state index is 9.63. The monoisotopic (exact) mass is 194 g/mol. The van der Waals surface area contributed by atoms with Gasteiger partial charge in [0, 0.05) is 0 Å².